The average molecular weight is 313 g/mol. The molecule has 0 aromatic heterocycles. The van der Waals surface area contributed by atoms with Crippen LogP contribution < -0.4 is 11.1 Å². The van der Waals surface area contributed by atoms with Crippen LogP contribution in [0.2, 0.25) is 0 Å². The van der Waals surface area contributed by atoms with Crippen molar-refractivity contribution < 1.29 is 14.2 Å². The highest BCUT2D eigenvalue weighted by atomic mass is 16.7. The summed E-state index contributed by atoms with van der Waals surface area (Å²) in [6, 6.07) is 0. The monoisotopic (exact) mass is 313 g/mol. The number of rotatable bonds is 7. The maximum Gasteiger partial charge on any atom is 0.188 e. The molecule has 0 aromatic rings. The Hall–Kier alpha value is -0.850. The van der Waals surface area contributed by atoms with Crippen molar-refractivity contribution in [2.45, 2.75) is 57.8 Å². The third-order valence-electron chi connectivity index (χ3n) is 4.39. The molecule has 22 heavy (non-hydrogen) atoms. The number of nitrogens with one attached hydrogen (secondary N) is 1. The molecule has 0 radical (unpaired) electrons. The third kappa shape index (κ3) is 5.41. The molecule has 1 atom stereocenters. The van der Waals surface area contributed by atoms with Crippen LogP contribution in [0.3, 0.4) is 0 Å². The Kier molecular flexibility index (Phi) is 6.92. The van der Waals surface area contributed by atoms with Gasteiger partial charge in [0, 0.05) is 32.6 Å². The number of guanidine groups is 1. The van der Waals surface area contributed by atoms with Crippen molar-refractivity contribution in [3.05, 3.63) is 0 Å². The van der Waals surface area contributed by atoms with Crippen molar-refractivity contribution in [3.63, 3.8) is 0 Å². The summed E-state index contributed by atoms with van der Waals surface area (Å²) in [6.07, 6.45) is 5.31. The summed E-state index contributed by atoms with van der Waals surface area (Å²) in [4.78, 5) is 4.35. The fourth-order valence-electron chi connectivity index (χ4n) is 2.96. The van der Waals surface area contributed by atoms with Crippen LogP contribution in [0, 0.1) is 5.92 Å². The van der Waals surface area contributed by atoms with Gasteiger partial charge < -0.3 is 25.3 Å². The predicted molar refractivity (Wildman–Crippen MR) is 86.8 cm³/mol. The normalized spacial score (nSPS) is 32.5. The molecule has 0 bridgehead atoms. The lowest BCUT2D eigenvalue weighted by Crippen LogP contribution is -2.36. The summed E-state index contributed by atoms with van der Waals surface area (Å²) >= 11 is 0. The standard InChI is InChI=1S/C16H31N3O3/c1-3-20-10-4-9-18-15(17)19-11-14-12-21-16(22-14)7-5-13(2)6-8-16/h13-14H,3-12H2,1-2H3,(H3,17,18,19). The highest BCUT2D eigenvalue weighted by Crippen LogP contribution is 2.39. The van der Waals surface area contributed by atoms with Gasteiger partial charge in [0.1, 0.15) is 6.10 Å². The van der Waals surface area contributed by atoms with Crippen LogP contribution in [-0.4, -0.2) is 50.8 Å². The number of nitrogens with two attached hydrogens (primary N) is 1. The van der Waals surface area contributed by atoms with Crippen molar-refractivity contribution in [3.8, 4) is 0 Å². The predicted octanol–water partition coefficient (Wildman–Crippen LogP) is 1.64. The summed E-state index contributed by atoms with van der Waals surface area (Å²) in [7, 11) is 0. The minimum absolute atomic E-state index is 0.0252. The van der Waals surface area contributed by atoms with Crippen molar-refractivity contribution >= 4 is 5.96 Å². The minimum atomic E-state index is -0.341. The van der Waals surface area contributed by atoms with E-state index in [0.29, 0.717) is 19.1 Å². The van der Waals surface area contributed by atoms with E-state index >= 15 is 0 Å². The van der Waals surface area contributed by atoms with E-state index in [9.17, 15) is 0 Å². The first-order chi connectivity index (χ1) is 10.6. The largest absolute Gasteiger partial charge is 0.382 e. The van der Waals surface area contributed by atoms with E-state index in [4.69, 9.17) is 19.9 Å². The molecule has 1 saturated carbocycles. The Labute approximate surface area is 133 Å². The van der Waals surface area contributed by atoms with Gasteiger partial charge in [0.25, 0.3) is 0 Å². The second kappa shape index (κ2) is 8.70. The van der Waals surface area contributed by atoms with Crippen molar-refractivity contribution in [2.24, 2.45) is 16.6 Å². The molecule has 2 fully saturated rings. The number of hydrogen-bond acceptors (Lipinski definition) is 4. The van der Waals surface area contributed by atoms with Gasteiger partial charge >= 0.3 is 0 Å². The quantitative estimate of drug-likeness (QED) is 0.424. The lowest BCUT2D eigenvalue weighted by Gasteiger charge is -2.34. The minimum Gasteiger partial charge on any atom is -0.382 e. The fourth-order valence-corrected chi connectivity index (χ4v) is 2.96. The van der Waals surface area contributed by atoms with Gasteiger partial charge in [-0.2, -0.15) is 0 Å². The van der Waals surface area contributed by atoms with Gasteiger partial charge in [-0.05, 0) is 32.1 Å². The van der Waals surface area contributed by atoms with Crippen LogP contribution in [0.25, 0.3) is 0 Å². The van der Waals surface area contributed by atoms with E-state index < -0.39 is 0 Å². The molecule has 1 spiro atoms. The molecule has 1 unspecified atom stereocenters. The number of hydrogen-bond donors (Lipinski definition) is 2. The molecule has 2 rings (SSSR count). The molecule has 6 heteroatoms. The number of nitrogens with zero attached hydrogens (tertiary/aromatic N) is 1. The molecule has 2 aliphatic rings. The molecule has 128 valence electrons. The molecule has 1 heterocycles. The van der Waals surface area contributed by atoms with Crippen LogP contribution in [0.5, 0.6) is 0 Å². The fraction of sp³-hybridized carbons (Fsp3) is 0.938. The van der Waals surface area contributed by atoms with E-state index in [1.54, 1.807) is 0 Å². The number of ether oxygens (including phenoxy) is 3. The molecule has 1 saturated heterocycles. The zero-order chi connectivity index (χ0) is 15.8. The van der Waals surface area contributed by atoms with Gasteiger partial charge in [0.15, 0.2) is 11.7 Å². The first-order valence-corrected chi connectivity index (χ1v) is 8.57. The van der Waals surface area contributed by atoms with Gasteiger partial charge in [-0.15, -0.1) is 0 Å². The molecule has 3 N–H and O–H groups in total. The lowest BCUT2D eigenvalue weighted by atomic mass is 9.86. The Morgan fingerprint density at radius 1 is 1.41 bits per heavy atom. The van der Waals surface area contributed by atoms with Gasteiger partial charge in [0.2, 0.25) is 0 Å². The van der Waals surface area contributed by atoms with Crippen LogP contribution >= 0.6 is 0 Å². The summed E-state index contributed by atoms with van der Waals surface area (Å²) in [5, 5.41) is 3.09. The maximum absolute atomic E-state index is 6.11. The first-order valence-electron chi connectivity index (χ1n) is 8.57. The zero-order valence-corrected chi connectivity index (χ0v) is 14.0. The SMILES string of the molecule is CCOCCCNC(N)=NCC1COC2(CCC(C)CC2)O1. The molecule has 0 amide bonds. The van der Waals surface area contributed by atoms with E-state index in [2.05, 4.69) is 17.2 Å². The Bertz CT molecular complexity index is 355. The van der Waals surface area contributed by atoms with Crippen molar-refractivity contribution in [1.29, 1.82) is 0 Å². The van der Waals surface area contributed by atoms with E-state index in [1.165, 1.54) is 12.8 Å². The van der Waals surface area contributed by atoms with Gasteiger partial charge in [0.05, 0.1) is 13.2 Å². The summed E-state index contributed by atoms with van der Waals surface area (Å²) in [5.41, 5.74) is 5.86. The Morgan fingerprint density at radius 3 is 2.91 bits per heavy atom. The molecule has 1 aliphatic heterocycles. The zero-order valence-electron chi connectivity index (χ0n) is 14.0. The highest BCUT2D eigenvalue weighted by Gasteiger charge is 2.43. The average Bonchev–Trinajstić information content (AvgIpc) is 2.92. The first kappa shape index (κ1) is 17.5. The number of aliphatic imine (C=N–C) groups is 1. The second-order valence-corrected chi connectivity index (χ2v) is 6.35. The molecule has 6 nitrogen and oxygen atoms in total. The molecular weight excluding hydrogens is 282 g/mol. The molecular formula is C16H31N3O3. The van der Waals surface area contributed by atoms with Crippen molar-refractivity contribution in [2.75, 3.05) is 32.9 Å². The van der Waals surface area contributed by atoms with E-state index in [-0.39, 0.29) is 11.9 Å². The van der Waals surface area contributed by atoms with Crippen molar-refractivity contribution in [1.82, 2.24) is 5.32 Å². The van der Waals surface area contributed by atoms with E-state index in [1.807, 2.05) is 6.92 Å². The topological polar surface area (TPSA) is 78.1 Å². The van der Waals surface area contributed by atoms with Gasteiger partial charge in [-0.3, -0.25) is 4.99 Å². The van der Waals surface area contributed by atoms with Crippen LogP contribution in [-0.2, 0) is 14.2 Å². The highest BCUT2D eigenvalue weighted by molar-refractivity contribution is 5.77. The van der Waals surface area contributed by atoms with Crippen LogP contribution in [0.4, 0.5) is 0 Å². The van der Waals surface area contributed by atoms with Crippen LogP contribution in [0.15, 0.2) is 4.99 Å². The molecule has 1 aliphatic carbocycles. The maximum atomic E-state index is 6.11. The van der Waals surface area contributed by atoms with E-state index in [0.717, 1.165) is 44.9 Å². The second-order valence-electron chi connectivity index (χ2n) is 6.35. The Balaban J connectivity index is 1.63. The summed E-state index contributed by atoms with van der Waals surface area (Å²) in [5.74, 6) is 0.913. The smallest absolute Gasteiger partial charge is 0.188 e. The lowest BCUT2D eigenvalue weighted by molar-refractivity contribution is -0.190. The van der Waals surface area contributed by atoms with Gasteiger partial charge in [-0.25, -0.2) is 0 Å². The third-order valence-corrected chi connectivity index (χ3v) is 4.39. The Morgan fingerprint density at radius 2 is 2.18 bits per heavy atom. The summed E-state index contributed by atoms with van der Waals surface area (Å²) in [6.45, 7) is 7.74. The van der Waals surface area contributed by atoms with Gasteiger partial charge in [-0.1, -0.05) is 6.92 Å². The summed E-state index contributed by atoms with van der Waals surface area (Å²) < 4.78 is 17.3. The molecule has 0 aromatic carbocycles. The van der Waals surface area contributed by atoms with Crippen LogP contribution in [0.1, 0.15) is 46.0 Å².